The molecule has 23 heavy (non-hydrogen) atoms. The van der Waals surface area contributed by atoms with Crippen molar-refractivity contribution >= 4 is 16.6 Å². The summed E-state index contributed by atoms with van der Waals surface area (Å²) in [5.41, 5.74) is 2.99. The van der Waals surface area contributed by atoms with Crippen molar-refractivity contribution in [1.82, 2.24) is 9.97 Å². The summed E-state index contributed by atoms with van der Waals surface area (Å²) in [7, 11) is 0. The van der Waals surface area contributed by atoms with Crippen molar-refractivity contribution in [3.63, 3.8) is 0 Å². The lowest BCUT2D eigenvalue weighted by atomic mass is 10.1. The first-order chi connectivity index (χ1) is 11.2. The average Bonchev–Trinajstić information content (AvgIpc) is 2.56. The highest BCUT2D eigenvalue weighted by Gasteiger charge is 2.14. The Morgan fingerprint density at radius 3 is 2.83 bits per heavy atom. The van der Waals surface area contributed by atoms with Gasteiger partial charge in [-0.25, -0.2) is 9.37 Å². The molecule has 3 rings (SSSR count). The van der Waals surface area contributed by atoms with Gasteiger partial charge in [-0.05, 0) is 30.7 Å². The summed E-state index contributed by atoms with van der Waals surface area (Å²) in [6, 6.07) is 10.7. The van der Waals surface area contributed by atoms with Gasteiger partial charge in [0.15, 0.2) is 0 Å². The minimum atomic E-state index is -0.335. The zero-order valence-corrected chi connectivity index (χ0v) is 12.9. The van der Waals surface area contributed by atoms with Crippen LogP contribution in [0.4, 0.5) is 10.1 Å². The number of aryl methyl sites for hydroxylation is 1. The molecule has 0 saturated carbocycles. The Morgan fingerprint density at radius 2 is 2.09 bits per heavy atom. The summed E-state index contributed by atoms with van der Waals surface area (Å²) in [5.74, 6) is -0.335. The number of nitrogens with zero attached hydrogens (tertiary/aromatic N) is 3. The Balaban J connectivity index is 2.09. The molecule has 2 heterocycles. The minimum absolute atomic E-state index is 0.0123. The number of hydrogen-bond acceptors (Lipinski definition) is 4. The number of anilines is 1. The van der Waals surface area contributed by atoms with E-state index in [1.807, 2.05) is 36.1 Å². The van der Waals surface area contributed by atoms with Crippen molar-refractivity contribution in [3.05, 3.63) is 65.9 Å². The van der Waals surface area contributed by atoms with E-state index in [-0.39, 0.29) is 12.4 Å². The molecular formula is C18H18FN3O. The van der Waals surface area contributed by atoms with Crippen LogP contribution in [0.15, 0.2) is 48.8 Å². The highest BCUT2D eigenvalue weighted by molar-refractivity contribution is 5.92. The molecule has 0 aliphatic carbocycles. The van der Waals surface area contributed by atoms with E-state index in [0.29, 0.717) is 18.6 Å². The second kappa shape index (κ2) is 6.71. The number of hydrogen-bond donors (Lipinski definition) is 1. The van der Waals surface area contributed by atoms with Crippen LogP contribution in [-0.2, 0) is 6.54 Å². The number of fused-ring (bicyclic) bond motifs is 1. The Labute approximate surface area is 134 Å². The van der Waals surface area contributed by atoms with E-state index in [2.05, 4.69) is 9.97 Å². The molecule has 118 valence electrons. The molecule has 0 radical (unpaired) electrons. The van der Waals surface area contributed by atoms with E-state index in [1.165, 1.54) is 6.07 Å². The topological polar surface area (TPSA) is 49.2 Å². The molecule has 1 N–H and O–H groups in total. The fourth-order valence-corrected chi connectivity index (χ4v) is 2.70. The number of benzene rings is 1. The maximum atomic E-state index is 14.1. The van der Waals surface area contributed by atoms with Crippen LogP contribution in [0.5, 0.6) is 0 Å². The first kappa shape index (κ1) is 15.4. The summed E-state index contributed by atoms with van der Waals surface area (Å²) in [6.07, 6.45) is 3.52. The Kier molecular flexibility index (Phi) is 4.48. The van der Waals surface area contributed by atoms with Gasteiger partial charge < -0.3 is 10.0 Å². The molecule has 0 spiro atoms. The van der Waals surface area contributed by atoms with Crippen LogP contribution in [0.2, 0.25) is 0 Å². The van der Waals surface area contributed by atoms with E-state index in [1.54, 1.807) is 18.5 Å². The largest absolute Gasteiger partial charge is 0.395 e. The second-order valence-electron chi connectivity index (χ2n) is 5.43. The quantitative estimate of drug-likeness (QED) is 0.787. The molecule has 1 aromatic carbocycles. The number of aliphatic hydroxyl groups is 1. The third-order valence-electron chi connectivity index (χ3n) is 3.70. The third-order valence-corrected chi connectivity index (χ3v) is 3.70. The normalized spacial score (nSPS) is 10.9. The number of rotatable bonds is 5. The Bertz CT molecular complexity index is 808. The predicted octanol–water partition coefficient (Wildman–Crippen LogP) is 3.08. The number of aliphatic hydroxyl groups excluding tert-OH is 1. The van der Waals surface area contributed by atoms with Crippen molar-refractivity contribution in [2.75, 3.05) is 18.1 Å². The van der Waals surface area contributed by atoms with Crippen LogP contribution in [0.25, 0.3) is 10.9 Å². The Morgan fingerprint density at radius 1 is 1.22 bits per heavy atom. The highest BCUT2D eigenvalue weighted by Crippen LogP contribution is 2.29. The molecule has 0 aliphatic heterocycles. The highest BCUT2D eigenvalue weighted by atomic mass is 19.1. The predicted molar refractivity (Wildman–Crippen MR) is 88.8 cm³/mol. The van der Waals surface area contributed by atoms with Gasteiger partial charge in [0, 0.05) is 42.3 Å². The van der Waals surface area contributed by atoms with E-state index in [9.17, 15) is 9.50 Å². The van der Waals surface area contributed by atoms with E-state index < -0.39 is 0 Å². The lowest BCUT2D eigenvalue weighted by Gasteiger charge is -2.26. The van der Waals surface area contributed by atoms with Crippen LogP contribution < -0.4 is 4.90 Å². The summed E-state index contributed by atoms with van der Waals surface area (Å²) in [4.78, 5) is 10.5. The molecule has 0 aliphatic rings. The molecule has 3 aromatic rings. The van der Waals surface area contributed by atoms with Gasteiger partial charge in [-0.2, -0.15) is 0 Å². The lowest BCUT2D eigenvalue weighted by Crippen LogP contribution is -2.26. The van der Waals surface area contributed by atoms with Crippen molar-refractivity contribution in [2.24, 2.45) is 0 Å². The molecule has 0 fully saturated rings. The van der Waals surface area contributed by atoms with E-state index >= 15 is 0 Å². The molecular weight excluding hydrogens is 293 g/mol. The molecule has 4 nitrogen and oxygen atoms in total. The van der Waals surface area contributed by atoms with Crippen LogP contribution in [0.1, 0.15) is 11.3 Å². The molecule has 5 heteroatoms. The first-order valence-corrected chi connectivity index (χ1v) is 7.49. The van der Waals surface area contributed by atoms with Gasteiger partial charge in [-0.3, -0.25) is 4.98 Å². The van der Waals surface area contributed by atoms with Crippen LogP contribution in [0, 0.1) is 12.7 Å². The lowest BCUT2D eigenvalue weighted by molar-refractivity contribution is 0.301. The van der Waals surface area contributed by atoms with Gasteiger partial charge in [0.05, 0.1) is 6.61 Å². The van der Waals surface area contributed by atoms with Crippen LogP contribution in [0.3, 0.4) is 0 Å². The van der Waals surface area contributed by atoms with Gasteiger partial charge >= 0.3 is 0 Å². The number of aromatic nitrogens is 2. The Hall–Kier alpha value is -2.53. The van der Waals surface area contributed by atoms with E-state index in [0.717, 1.165) is 22.3 Å². The minimum Gasteiger partial charge on any atom is -0.395 e. The summed E-state index contributed by atoms with van der Waals surface area (Å²) in [6.45, 7) is 2.89. The number of para-hydroxylation sites is 1. The van der Waals surface area contributed by atoms with Crippen molar-refractivity contribution in [3.8, 4) is 0 Å². The number of halogens is 1. The third kappa shape index (κ3) is 3.29. The van der Waals surface area contributed by atoms with Crippen molar-refractivity contribution < 1.29 is 9.50 Å². The van der Waals surface area contributed by atoms with Crippen molar-refractivity contribution in [2.45, 2.75) is 13.5 Å². The maximum Gasteiger partial charge on any atom is 0.149 e. The SMILES string of the molecule is Cc1cc(N(CCO)Cc2cccnc2)c2cccc(F)c2n1. The number of pyridine rings is 2. The molecule has 0 unspecified atom stereocenters. The fourth-order valence-electron chi connectivity index (χ4n) is 2.70. The van der Waals surface area contributed by atoms with Gasteiger partial charge in [-0.1, -0.05) is 18.2 Å². The molecule has 0 atom stereocenters. The standard InChI is InChI=1S/C18H18FN3O/c1-13-10-17(15-5-2-6-16(19)18(15)21-13)22(8-9-23)12-14-4-3-7-20-11-14/h2-7,10-11,23H,8-9,12H2,1H3. The molecule has 0 saturated heterocycles. The molecule has 0 bridgehead atoms. The fraction of sp³-hybridized carbons (Fsp3) is 0.222. The van der Waals surface area contributed by atoms with E-state index in [4.69, 9.17) is 0 Å². The smallest absolute Gasteiger partial charge is 0.149 e. The van der Waals surface area contributed by atoms with Crippen LogP contribution >= 0.6 is 0 Å². The zero-order chi connectivity index (χ0) is 16.2. The molecule has 2 aromatic heterocycles. The second-order valence-corrected chi connectivity index (χ2v) is 5.43. The summed E-state index contributed by atoms with van der Waals surface area (Å²) < 4.78 is 14.1. The molecule has 0 amide bonds. The van der Waals surface area contributed by atoms with Crippen molar-refractivity contribution in [1.29, 1.82) is 0 Å². The van der Waals surface area contributed by atoms with Crippen LogP contribution in [-0.4, -0.2) is 28.2 Å². The maximum absolute atomic E-state index is 14.1. The average molecular weight is 311 g/mol. The first-order valence-electron chi connectivity index (χ1n) is 7.49. The monoisotopic (exact) mass is 311 g/mol. The van der Waals surface area contributed by atoms with Gasteiger partial charge in [-0.15, -0.1) is 0 Å². The zero-order valence-electron chi connectivity index (χ0n) is 12.9. The summed E-state index contributed by atoms with van der Waals surface area (Å²) in [5, 5.41) is 10.2. The summed E-state index contributed by atoms with van der Waals surface area (Å²) >= 11 is 0. The van der Waals surface area contributed by atoms with Gasteiger partial charge in [0.2, 0.25) is 0 Å². The van der Waals surface area contributed by atoms with Gasteiger partial charge in [0.1, 0.15) is 11.3 Å². The van der Waals surface area contributed by atoms with Gasteiger partial charge in [0.25, 0.3) is 0 Å².